The molecule has 1 aromatic heterocycles. The summed E-state index contributed by atoms with van der Waals surface area (Å²) in [5.41, 5.74) is 2.12. The molecule has 2 amide bonds. The van der Waals surface area contributed by atoms with Crippen LogP contribution >= 0.6 is 11.3 Å². The maximum Gasteiger partial charge on any atom is 0.315 e. The number of thiophene rings is 1. The third-order valence-electron chi connectivity index (χ3n) is 4.24. The molecule has 2 atom stereocenters. The Morgan fingerprint density at radius 3 is 2.54 bits per heavy atom. The Kier molecular flexibility index (Phi) is 7.29. The van der Waals surface area contributed by atoms with Gasteiger partial charge in [-0.2, -0.15) is 11.3 Å². The number of carbonyl (C=O) groups excluding carboxylic acids is 1. The van der Waals surface area contributed by atoms with Gasteiger partial charge in [0.25, 0.3) is 0 Å². The Balaban J connectivity index is 1.83. The Morgan fingerprint density at radius 1 is 1.15 bits per heavy atom. The molecule has 0 radical (unpaired) electrons. The molecular weight excluding hydrogens is 350 g/mol. The zero-order valence-electron chi connectivity index (χ0n) is 15.4. The van der Waals surface area contributed by atoms with Crippen molar-refractivity contribution in [3.63, 3.8) is 0 Å². The maximum absolute atomic E-state index is 12.1. The molecule has 1 heterocycles. The highest BCUT2D eigenvalue weighted by molar-refractivity contribution is 7.07. The number of nitrogens with one attached hydrogen (secondary N) is 2. The number of benzene rings is 1. The van der Waals surface area contributed by atoms with Gasteiger partial charge in [-0.15, -0.1) is 0 Å². The number of hydrogen-bond donors (Lipinski definition) is 4. The van der Waals surface area contributed by atoms with E-state index in [1.165, 1.54) is 11.6 Å². The largest absolute Gasteiger partial charge is 0.504 e. The van der Waals surface area contributed by atoms with Crippen LogP contribution in [-0.4, -0.2) is 53.9 Å². The van der Waals surface area contributed by atoms with Gasteiger partial charge in [0.1, 0.15) is 0 Å². The average Bonchev–Trinajstić information content (AvgIpc) is 3.07. The van der Waals surface area contributed by atoms with Crippen molar-refractivity contribution in [3.8, 4) is 11.5 Å². The normalized spacial score (nSPS) is 13.4. The second kappa shape index (κ2) is 9.45. The summed E-state index contributed by atoms with van der Waals surface area (Å²) in [7, 11) is 3.90. The van der Waals surface area contributed by atoms with Crippen LogP contribution in [0.2, 0.25) is 0 Å². The van der Waals surface area contributed by atoms with E-state index in [4.69, 9.17) is 0 Å². The van der Waals surface area contributed by atoms with Crippen molar-refractivity contribution in [1.29, 1.82) is 0 Å². The van der Waals surface area contributed by atoms with E-state index in [2.05, 4.69) is 22.1 Å². The predicted octanol–water partition coefficient (Wildman–Crippen LogP) is 2.56. The van der Waals surface area contributed by atoms with E-state index in [1.54, 1.807) is 23.5 Å². The Labute approximate surface area is 158 Å². The first-order valence-corrected chi connectivity index (χ1v) is 9.52. The minimum atomic E-state index is -0.187. The summed E-state index contributed by atoms with van der Waals surface area (Å²) in [6.07, 6.45) is 1.45. The van der Waals surface area contributed by atoms with Crippen LogP contribution < -0.4 is 10.6 Å². The first kappa shape index (κ1) is 20.1. The zero-order valence-corrected chi connectivity index (χ0v) is 16.2. The molecule has 0 saturated heterocycles. The number of aromatic hydroxyl groups is 2. The number of urea groups is 1. The molecule has 1 aromatic carbocycles. The van der Waals surface area contributed by atoms with Crippen LogP contribution in [0, 0.1) is 0 Å². The van der Waals surface area contributed by atoms with Crippen molar-refractivity contribution < 1.29 is 15.0 Å². The summed E-state index contributed by atoms with van der Waals surface area (Å²) in [6.45, 7) is 2.46. The van der Waals surface area contributed by atoms with Gasteiger partial charge in [-0.25, -0.2) is 4.79 Å². The lowest BCUT2D eigenvalue weighted by Crippen LogP contribution is -2.47. The first-order valence-electron chi connectivity index (χ1n) is 8.58. The molecule has 4 N–H and O–H groups in total. The van der Waals surface area contributed by atoms with Gasteiger partial charge in [0.15, 0.2) is 11.5 Å². The number of phenolic OH excluding ortho intramolecular Hbond substituents is 2. The van der Waals surface area contributed by atoms with Crippen LogP contribution in [0.25, 0.3) is 0 Å². The van der Waals surface area contributed by atoms with Crippen LogP contribution in [0.1, 0.15) is 18.1 Å². The summed E-state index contributed by atoms with van der Waals surface area (Å²) >= 11 is 1.65. The highest BCUT2D eigenvalue weighted by Gasteiger charge is 2.15. The number of likely N-dealkylation sites (N-methyl/N-ethyl adjacent to an activating group) is 1. The second-order valence-electron chi connectivity index (χ2n) is 6.74. The molecule has 0 fully saturated rings. The smallest absolute Gasteiger partial charge is 0.315 e. The molecule has 2 rings (SSSR count). The quantitative estimate of drug-likeness (QED) is 0.533. The summed E-state index contributed by atoms with van der Waals surface area (Å²) in [4.78, 5) is 14.2. The topological polar surface area (TPSA) is 84.8 Å². The van der Waals surface area contributed by atoms with Crippen molar-refractivity contribution in [2.24, 2.45) is 0 Å². The van der Waals surface area contributed by atoms with Gasteiger partial charge < -0.3 is 25.7 Å². The van der Waals surface area contributed by atoms with Crippen molar-refractivity contribution in [2.75, 3.05) is 20.6 Å². The molecule has 0 saturated carbocycles. The van der Waals surface area contributed by atoms with Gasteiger partial charge in [-0.05, 0) is 73.9 Å². The van der Waals surface area contributed by atoms with Crippen LogP contribution in [0.4, 0.5) is 4.79 Å². The molecule has 7 heteroatoms. The number of amides is 2. The predicted molar refractivity (Wildman–Crippen MR) is 105 cm³/mol. The van der Waals surface area contributed by atoms with Gasteiger partial charge >= 0.3 is 6.03 Å². The molecule has 0 aliphatic heterocycles. The summed E-state index contributed by atoms with van der Waals surface area (Å²) in [6, 6.07) is 6.80. The van der Waals surface area contributed by atoms with E-state index in [9.17, 15) is 15.0 Å². The Hall–Kier alpha value is -2.25. The second-order valence-corrected chi connectivity index (χ2v) is 7.52. The van der Waals surface area contributed by atoms with E-state index in [-0.39, 0.29) is 29.6 Å². The lowest BCUT2D eigenvalue weighted by molar-refractivity contribution is 0.229. The first-order chi connectivity index (χ1) is 12.3. The molecule has 0 aliphatic rings. The van der Waals surface area contributed by atoms with Crippen molar-refractivity contribution in [1.82, 2.24) is 15.5 Å². The van der Waals surface area contributed by atoms with Gasteiger partial charge in [0, 0.05) is 18.6 Å². The molecule has 0 aliphatic carbocycles. The van der Waals surface area contributed by atoms with Gasteiger partial charge in [0.2, 0.25) is 0 Å². The number of rotatable bonds is 8. The fraction of sp³-hybridized carbons (Fsp3) is 0.421. The van der Waals surface area contributed by atoms with Crippen molar-refractivity contribution >= 4 is 17.4 Å². The number of hydrogen-bond acceptors (Lipinski definition) is 5. The van der Waals surface area contributed by atoms with Crippen LogP contribution in [0.5, 0.6) is 11.5 Å². The third-order valence-corrected chi connectivity index (χ3v) is 4.97. The van der Waals surface area contributed by atoms with Gasteiger partial charge in [-0.3, -0.25) is 0 Å². The van der Waals surface area contributed by atoms with E-state index in [0.29, 0.717) is 13.0 Å². The number of phenols is 2. The Morgan fingerprint density at radius 2 is 1.92 bits per heavy atom. The summed E-state index contributed by atoms with van der Waals surface area (Å²) < 4.78 is 0. The maximum atomic E-state index is 12.1. The van der Waals surface area contributed by atoms with Crippen molar-refractivity contribution in [2.45, 2.75) is 31.8 Å². The standard InChI is InChI=1S/C19H27N3O3S/c1-13(8-15-6-7-26-12-15)21-19(25)20-11-16(22(2)3)9-14-4-5-17(23)18(24)10-14/h4-7,10,12-13,16,23-24H,8-9,11H2,1-3H3,(H2,20,21,25)/t13-,16-/m0/s1. The third kappa shape index (κ3) is 6.24. The molecule has 0 spiro atoms. The Bertz CT molecular complexity index is 704. The highest BCUT2D eigenvalue weighted by Crippen LogP contribution is 2.25. The van der Waals surface area contributed by atoms with Crippen LogP contribution in [0.3, 0.4) is 0 Å². The fourth-order valence-electron chi connectivity index (χ4n) is 2.70. The number of nitrogens with zero attached hydrogens (tertiary/aromatic N) is 1. The monoisotopic (exact) mass is 377 g/mol. The van der Waals surface area contributed by atoms with Crippen LogP contribution in [-0.2, 0) is 12.8 Å². The molecular formula is C19H27N3O3S. The molecule has 6 nitrogen and oxygen atoms in total. The highest BCUT2D eigenvalue weighted by atomic mass is 32.1. The zero-order chi connectivity index (χ0) is 19.1. The average molecular weight is 378 g/mol. The summed E-state index contributed by atoms with van der Waals surface area (Å²) in [5, 5.41) is 29.0. The fourth-order valence-corrected chi connectivity index (χ4v) is 3.39. The van der Waals surface area contributed by atoms with E-state index >= 15 is 0 Å². The lowest BCUT2D eigenvalue weighted by Gasteiger charge is -2.25. The van der Waals surface area contributed by atoms with E-state index in [0.717, 1.165) is 12.0 Å². The molecule has 26 heavy (non-hydrogen) atoms. The minimum Gasteiger partial charge on any atom is -0.504 e. The molecule has 0 unspecified atom stereocenters. The van der Waals surface area contributed by atoms with Crippen LogP contribution in [0.15, 0.2) is 35.0 Å². The molecule has 0 bridgehead atoms. The molecule has 142 valence electrons. The SMILES string of the molecule is C[C@@H](Cc1ccsc1)NC(=O)NC[C@H](Cc1ccc(O)c(O)c1)N(C)C. The van der Waals surface area contributed by atoms with Gasteiger partial charge in [-0.1, -0.05) is 6.07 Å². The van der Waals surface area contributed by atoms with E-state index < -0.39 is 0 Å². The van der Waals surface area contributed by atoms with E-state index in [1.807, 2.05) is 31.3 Å². The summed E-state index contributed by atoms with van der Waals surface area (Å²) in [5.74, 6) is -0.264. The lowest BCUT2D eigenvalue weighted by atomic mass is 10.0. The minimum absolute atomic E-state index is 0.0523. The number of carbonyl (C=O) groups is 1. The van der Waals surface area contributed by atoms with Crippen molar-refractivity contribution in [3.05, 3.63) is 46.2 Å². The van der Waals surface area contributed by atoms with Gasteiger partial charge in [0.05, 0.1) is 0 Å². The molecule has 2 aromatic rings.